The summed E-state index contributed by atoms with van der Waals surface area (Å²) in [6.45, 7) is 3.75. The lowest BCUT2D eigenvalue weighted by Gasteiger charge is -2.11. The molecule has 1 fully saturated rings. The summed E-state index contributed by atoms with van der Waals surface area (Å²) in [6.07, 6.45) is 7.55. The average molecular weight is 298 g/mol. The fourth-order valence-corrected chi connectivity index (χ4v) is 3.31. The van der Waals surface area contributed by atoms with E-state index >= 15 is 0 Å². The van der Waals surface area contributed by atoms with Crippen molar-refractivity contribution in [1.29, 1.82) is 0 Å². The van der Waals surface area contributed by atoms with Gasteiger partial charge in [-0.1, -0.05) is 31.9 Å². The summed E-state index contributed by atoms with van der Waals surface area (Å²) in [5, 5.41) is 15.1. The smallest absolute Gasteiger partial charge is 0.331 e. The van der Waals surface area contributed by atoms with Crippen molar-refractivity contribution in [3.8, 4) is 0 Å². The first-order valence-electron chi connectivity index (χ1n) is 8.03. The number of rotatable bonds is 4. The van der Waals surface area contributed by atoms with Gasteiger partial charge in [-0.15, -0.1) is 0 Å². The molecule has 1 aromatic carbocycles. The molecule has 4 heteroatoms. The van der Waals surface area contributed by atoms with Crippen LogP contribution in [0, 0.1) is 0 Å². The van der Waals surface area contributed by atoms with Gasteiger partial charge in [-0.25, -0.2) is 4.79 Å². The quantitative estimate of drug-likeness (QED) is 0.861. The van der Waals surface area contributed by atoms with Crippen molar-refractivity contribution < 1.29 is 9.90 Å². The third kappa shape index (κ3) is 2.65. The van der Waals surface area contributed by atoms with Crippen LogP contribution in [0.2, 0.25) is 0 Å². The Hall–Kier alpha value is -2.10. The Morgan fingerprint density at radius 1 is 1.41 bits per heavy atom. The third-order valence-corrected chi connectivity index (χ3v) is 4.53. The van der Waals surface area contributed by atoms with Crippen molar-refractivity contribution in [1.82, 2.24) is 9.78 Å². The Balaban J connectivity index is 2.10. The molecule has 2 aromatic rings. The fraction of sp³-hybridized carbons (Fsp3) is 0.444. The van der Waals surface area contributed by atoms with Gasteiger partial charge in [0, 0.05) is 11.0 Å². The number of carboxylic acids is 1. The number of hydrogen-bond acceptors (Lipinski definition) is 2. The summed E-state index contributed by atoms with van der Waals surface area (Å²) in [6, 6.07) is 6.62. The maximum atomic E-state index is 11.0. The zero-order valence-corrected chi connectivity index (χ0v) is 13.2. The maximum Gasteiger partial charge on any atom is 0.331 e. The average Bonchev–Trinajstić information content (AvgIpc) is 3.13. The molecule has 0 atom stereocenters. The van der Waals surface area contributed by atoms with Crippen molar-refractivity contribution >= 4 is 22.9 Å². The number of carboxylic acid groups (broad SMARTS) is 1. The molecule has 4 nitrogen and oxygen atoms in total. The molecule has 3 rings (SSSR count). The van der Waals surface area contributed by atoms with Gasteiger partial charge in [-0.3, -0.25) is 4.68 Å². The van der Waals surface area contributed by atoms with E-state index in [1.807, 2.05) is 6.07 Å². The third-order valence-electron chi connectivity index (χ3n) is 4.53. The van der Waals surface area contributed by atoms with Gasteiger partial charge in [0.2, 0.25) is 0 Å². The minimum absolute atomic E-state index is 0.349. The molecule has 22 heavy (non-hydrogen) atoms. The molecule has 0 amide bonds. The molecule has 0 aliphatic heterocycles. The number of fused-ring (bicyclic) bond motifs is 1. The van der Waals surface area contributed by atoms with Crippen LogP contribution in [0.3, 0.4) is 0 Å². The second-order valence-corrected chi connectivity index (χ2v) is 6.09. The largest absolute Gasteiger partial charge is 0.478 e. The van der Waals surface area contributed by atoms with Crippen LogP contribution < -0.4 is 0 Å². The monoisotopic (exact) mass is 298 g/mol. The summed E-state index contributed by atoms with van der Waals surface area (Å²) >= 11 is 0. The van der Waals surface area contributed by atoms with Gasteiger partial charge in [0.15, 0.2) is 0 Å². The van der Waals surface area contributed by atoms with Crippen molar-refractivity contribution in [2.45, 2.75) is 52.0 Å². The number of aliphatic carboxylic acids is 1. The van der Waals surface area contributed by atoms with E-state index in [0.717, 1.165) is 23.2 Å². The first kappa shape index (κ1) is 14.8. The van der Waals surface area contributed by atoms with Crippen LogP contribution in [0.25, 0.3) is 17.0 Å². The molecule has 1 saturated carbocycles. The van der Waals surface area contributed by atoms with E-state index in [2.05, 4.69) is 23.7 Å². The molecule has 0 unspecified atom stereocenters. The molecule has 1 aromatic heterocycles. The topological polar surface area (TPSA) is 55.1 Å². The lowest BCUT2D eigenvalue weighted by atomic mass is 10.1. The normalized spacial score (nSPS) is 16.5. The van der Waals surface area contributed by atoms with Gasteiger partial charge >= 0.3 is 5.97 Å². The van der Waals surface area contributed by atoms with Crippen LogP contribution >= 0.6 is 0 Å². The Kier molecular flexibility index (Phi) is 4.01. The highest BCUT2D eigenvalue weighted by Crippen LogP contribution is 2.33. The molecule has 116 valence electrons. The summed E-state index contributed by atoms with van der Waals surface area (Å²) in [7, 11) is 0. The minimum atomic E-state index is -0.876. The SMILES string of the molecule is CCc1nn(C2CCCC2)c2cc(/C=C(\C)C(=O)O)ccc12. The molecule has 1 heterocycles. The van der Waals surface area contributed by atoms with E-state index in [9.17, 15) is 4.79 Å². The first-order valence-corrected chi connectivity index (χ1v) is 8.03. The van der Waals surface area contributed by atoms with Crippen molar-refractivity contribution in [3.05, 3.63) is 35.0 Å². The van der Waals surface area contributed by atoms with Crippen LogP contribution in [-0.4, -0.2) is 20.9 Å². The molecule has 0 spiro atoms. The van der Waals surface area contributed by atoms with Crippen LogP contribution in [0.4, 0.5) is 0 Å². The van der Waals surface area contributed by atoms with Gasteiger partial charge < -0.3 is 5.11 Å². The summed E-state index contributed by atoms with van der Waals surface area (Å²) in [5.41, 5.74) is 3.54. The molecule has 1 N–H and O–H groups in total. The van der Waals surface area contributed by atoms with Gasteiger partial charge in [0.1, 0.15) is 0 Å². The highest BCUT2D eigenvalue weighted by molar-refractivity contribution is 5.92. The zero-order valence-electron chi connectivity index (χ0n) is 13.2. The number of hydrogen-bond donors (Lipinski definition) is 1. The highest BCUT2D eigenvalue weighted by atomic mass is 16.4. The number of benzene rings is 1. The second-order valence-electron chi connectivity index (χ2n) is 6.09. The Bertz CT molecular complexity index is 737. The van der Waals surface area contributed by atoms with E-state index in [1.165, 1.54) is 31.1 Å². The second kappa shape index (κ2) is 5.95. The molecule has 1 aliphatic carbocycles. The number of nitrogens with zero attached hydrogens (tertiary/aromatic N) is 2. The number of aryl methyl sites for hydroxylation is 1. The van der Waals surface area contributed by atoms with Gasteiger partial charge in [-0.05, 0) is 43.9 Å². The van der Waals surface area contributed by atoms with Gasteiger partial charge in [0.25, 0.3) is 0 Å². The lowest BCUT2D eigenvalue weighted by molar-refractivity contribution is -0.132. The first-order chi connectivity index (χ1) is 10.6. The van der Waals surface area contributed by atoms with E-state index in [1.54, 1.807) is 13.0 Å². The molecule has 0 radical (unpaired) electrons. The summed E-state index contributed by atoms with van der Waals surface area (Å²) < 4.78 is 2.18. The van der Waals surface area contributed by atoms with Crippen molar-refractivity contribution in [3.63, 3.8) is 0 Å². The molecular formula is C18H22N2O2. The Morgan fingerprint density at radius 3 is 2.77 bits per heavy atom. The predicted octanol–water partition coefficient (Wildman–Crippen LogP) is 4.20. The van der Waals surface area contributed by atoms with Gasteiger partial charge in [0.05, 0.1) is 17.3 Å². The van der Waals surface area contributed by atoms with E-state index < -0.39 is 5.97 Å². The maximum absolute atomic E-state index is 11.0. The predicted molar refractivity (Wildman–Crippen MR) is 87.9 cm³/mol. The summed E-state index contributed by atoms with van der Waals surface area (Å²) in [4.78, 5) is 11.0. The van der Waals surface area contributed by atoms with E-state index in [0.29, 0.717) is 11.6 Å². The summed E-state index contributed by atoms with van der Waals surface area (Å²) in [5.74, 6) is -0.876. The highest BCUT2D eigenvalue weighted by Gasteiger charge is 2.21. The molecule has 0 saturated heterocycles. The van der Waals surface area contributed by atoms with Crippen molar-refractivity contribution in [2.75, 3.05) is 0 Å². The fourth-order valence-electron chi connectivity index (χ4n) is 3.31. The Labute approximate surface area is 130 Å². The lowest BCUT2D eigenvalue weighted by Crippen LogP contribution is -2.06. The Morgan fingerprint density at radius 2 is 2.14 bits per heavy atom. The van der Waals surface area contributed by atoms with E-state index in [-0.39, 0.29) is 0 Å². The van der Waals surface area contributed by atoms with Crippen LogP contribution in [0.1, 0.15) is 56.8 Å². The molecule has 0 bridgehead atoms. The zero-order chi connectivity index (χ0) is 15.7. The van der Waals surface area contributed by atoms with Crippen LogP contribution in [0.5, 0.6) is 0 Å². The molecular weight excluding hydrogens is 276 g/mol. The van der Waals surface area contributed by atoms with E-state index in [4.69, 9.17) is 10.2 Å². The minimum Gasteiger partial charge on any atom is -0.478 e. The van der Waals surface area contributed by atoms with Gasteiger partial charge in [-0.2, -0.15) is 5.10 Å². The standard InChI is InChI=1S/C18H22N2O2/c1-3-16-15-9-8-13(10-12(2)18(21)22)11-17(15)20(19-16)14-6-4-5-7-14/h8-11,14H,3-7H2,1-2H3,(H,21,22)/b12-10+. The number of carbonyl (C=O) groups is 1. The van der Waals surface area contributed by atoms with Crippen LogP contribution in [0.15, 0.2) is 23.8 Å². The van der Waals surface area contributed by atoms with Crippen LogP contribution in [-0.2, 0) is 11.2 Å². The molecule has 1 aliphatic rings. The van der Waals surface area contributed by atoms with Crippen molar-refractivity contribution in [2.24, 2.45) is 0 Å². The number of aromatic nitrogens is 2.